The number of hydrogen-bond acceptors (Lipinski definition) is 8. The average molecular weight is 1570 g/mol. The highest BCUT2D eigenvalue weighted by Gasteiger charge is 2.47. The number of unbranched alkanes of at least 4 members (excludes halogenated alkanes) is 4. The van der Waals surface area contributed by atoms with Gasteiger partial charge in [0.25, 0.3) is 16.6 Å². The molecule has 13 nitrogen and oxygen atoms in total. The third kappa shape index (κ3) is 23.9. The van der Waals surface area contributed by atoms with Crippen LogP contribution >= 0.6 is 12.4 Å². The van der Waals surface area contributed by atoms with Gasteiger partial charge in [0.15, 0.2) is 17.1 Å². The zero-order valence-electron chi connectivity index (χ0n) is 69.3. The minimum absolute atomic E-state index is 0. The number of carboxylic acids is 1. The zero-order valence-corrected chi connectivity index (χ0v) is 70.9. The Morgan fingerprint density at radius 1 is 0.526 bits per heavy atom. The van der Waals surface area contributed by atoms with Gasteiger partial charge in [-0.05, 0) is 191 Å². The van der Waals surface area contributed by atoms with Gasteiger partial charge in [-0.15, -0.1) is 12.4 Å². The molecule has 6 aromatic rings. The maximum atomic E-state index is 12.0. The van der Waals surface area contributed by atoms with E-state index in [0.29, 0.717) is 26.0 Å². The summed E-state index contributed by atoms with van der Waals surface area (Å²) >= 11 is 0. The van der Waals surface area contributed by atoms with Crippen LogP contribution in [0.1, 0.15) is 179 Å². The lowest BCUT2D eigenvalue weighted by molar-refractivity contribution is -0.439. The summed E-state index contributed by atoms with van der Waals surface area (Å²) < 4.78 is 45.7. The number of fused-ring (bicyclic) bond motifs is 4. The molecule has 0 unspecified atom stereocenters. The summed E-state index contributed by atoms with van der Waals surface area (Å²) in [5.74, 6) is -0.795. The first-order valence-electron chi connectivity index (χ1n) is 40.0. The minimum atomic E-state index is -4.36. The number of hydrogen-bond donors (Lipinski definition) is 3. The molecule has 0 radical (unpaired) electrons. The number of para-hydroxylation sites is 2. The molecule has 15 heteroatoms. The fourth-order valence-electron chi connectivity index (χ4n) is 15.4. The van der Waals surface area contributed by atoms with Crippen LogP contribution in [-0.2, 0) is 46.1 Å². The average Bonchev–Trinajstić information content (AvgIpc) is 1.60. The number of nitrogens with zero attached hydrogens (tertiary/aromatic N) is 5. The highest BCUT2D eigenvalue weighted by atomic mass is 35.5. The van der Waals surface area contributed by atoms with Gasteiger partial charge < -0.3 is 20.1 Å². The molecule has 4 heterocycles. The molecule has 0 saturated heterocycles. The highest BCUT2D eigenvalue weighted by Crippen LogP contribution is 2.49. The van der Waals surface area contributed by atoms with Crippen molar-refractivity contribution < 1.29 is 46.1 Å². The molecule has 12 rings (SSSR count). The smallest absolute Gasteiger partial charge is 0.303 e. The quantitative estimate of drug-likeness (QED) is 0.0104. The van der Waals surface area contributed by atoms with E-state index in [2.05, 4.69) is 271 Å². The molecular weight excluding hydrogens is 1450 g/mol. The Labute approximate surface area is 686 Å². The number of anilines is 2. The number of nitrogens with one attached hydrogen (secondary N) is 1. The summed E-state index contributed by atoms with van der Waals surface area (Å²) in [5.41, 5.74) is 23.3. The molecule has 6 aliphatic rings. The summed E-state index contributed by atoms with van der Waals surface area (Å²) in [6, 6.07) is 45.0. The number of allylic oxidation sites excluding steroid dienone is 23. The Bertz CT molecular complexity index is 5010. The highest BCUT2D eigenvalue weighted by molar-refractivity contribution is 7.85. The van der Waals surface area contributed by atoms with Gasteiger partial charge in [-0.25, -0.2) is 0 Å². The summed E-state index contributed by atoms with van der Waals surface area (Å²) in [6.07, 6.45) is 55.3. The number of rotatable bonds is 29. The van der Waals surface area contributed by atoms with Crippen molar-refractivity contribution in [3.8, 4) is 0 Å². The van der Waals surface area contributed by atoms with Crippen LogP contribution in [0.25, 0.3) is 0 Å². The maximum Gasteiger partial charge on any atom is 0.303 e. The van der Waals surface area contributed by atoms with E-state index >= 15 is 0 Å². The van der Waals surface area contributed by atoms with Crippen LogP contribution < -0.4 is 10.2 Å². The Morgan fingerprint density at radius 3 is 1.62 bits per heavy atom. The van der Waals surface area contributed by atoms with Crippen molar-refractivity contribution >= 4 is 92.4 Å². The molecule has 0 atom stereocenters. The van der Waals surface area contributed by atoms with Crippen LogP contribution in [0.15, 0.2) is 288 Å². The van der Waals surface area contributed by atoms with Crippen LogP contribution in [0.5, 0.6) is 0 Å². The van der Waals surface area contributed by atoms with Crippen LogP contribution in [0, 0.1) is 20.8 Å². The third-order valence-electron chi connectivity index (χ3n) is 22.3. The number of aliphatic imine (C=N–C) groups is 1. The fraction of sp³-hybridized carbons (Fsp3) is 0.333. The Balaban J connectivity index is 0.000000213. The molecule has 4 aliphatic heterocycles. The number of carbonyl (C=O) groups excluding carboxylic acids is 1. The van der Waals surface area contributed by atoms with E-state index in [1.54, 1.807) is 18.3 Å². The van der Waals surface area contributed by atoms with Gasteiger partial charge in [-0.1, -0.05) is 194 Å². The van der Waals surface area contributed by atoms with Crippen molar-refractivity contribution in [2.45, 2.75) is 187 Å². The van der Waals surface area contributed by atoms with E-state index in [0.717, 1.165) is 106 Å². The second-order valence-corrected chi connectivity index (χ2v) is 33.3. The largest absolute Gasteiger partial charge is 0.481 e. The van der Waals surface area contributed by atoms with E-state index in [1.165, 1.54) is 84.8 Å². The number of halogens is 1. The number of carboxylic acid groups (broad SMARTS) is 1. The number of ether oxygens (including phenoxy) is 1. The molecule has 0 saturated carbocycles. The van der Waals surface area contributed by atoms with Crippen LogP contribution in [-0.4, -0.2) is 100 Å². The van der Waals surface area contributed by atoms with Crippen LogP contribution in [0.3, 0.4) is 0 Å². The summed E-state index contributed by atoms with van der Waals surface area (Å²) in [5, 5.41) is 12.2. The zero-order chi connectivity index (χ0) is 81.2. The number of aliphatic carboxylic acids is 1. The fourth-order valence-corrected chi connectivity index (χ4v) is 15.9. The predicted octanol–water partition coefficient (Wildman–Crippen LogP) is 23.4. The standard InChI is InChI=1S/C43H50N2O5S.C23H28N.C18H26NO2.C15H14N2.ClH/c1-32-24-26-37-35(30-32)42(2,3)39(45(37)29-17-20-33-18-11-7-6-8-12-19-33)21-13-9-14-22-40-43(4,5)36-31-34(51(48,49)50)25-27-38(36)44(40)28-16-10-15-23-41(46)47;1-18-14-15-22-21(17-18)23(3,4)19(2)24(22)16-10-13-20-11-8-6-5-7-9-12-20;1-14-8-9-17-16(12-14)18(3,4)15(2)19(17)10-6-5-7-11-21-13-20;1-3-8-14(9-4-1)16-12-7-13-17-15-10-5-2-6-11-15;/h6-9,11-14,18-19,21-22,24-27,30-31H,10,15-17,20,23,28-29H2,1-5H3,(H-,46,47,48,49,50);5-9,11-12,14-15,17H,10,13,16H2,1-4H3;8-9,12-13H,5-7,10-11H2,1-4H3;1-13,16H;1H/q;2*+1;;/p+1/b7-6-,8-6?,11-7?,12-8-,18-11?,19-12?,33-18?,33-19?;6-5-,7-5?,8-6?,9-7-,11-8?,12-9?,20-11?,20-12?;;12-7+,17-13?;. The van der Waals surface area contributed by atoms with Crippen molar-refractivity contribution in [3.05, 3.63) is 317 Å². The molecule has 0 aromatic heterocycles. The van der Waals surface area contributed by atoms with Gasteiger partial charge in [-0.2, -0.15) is 22.1 Å². The van der Waals surface area contributed by atoms with Gasteiger partial charge in [-0.3, -0.25) is 19.1 Å². The summed E-state index contributed by atoms with van der Waals surface area (Å²) in [4.78, 5) is 27.7. The summed E-state index contributed by atoms with van der Waals surface area (Å²) in [6.45, 7) is 33.8. The first-order chi connectivity index (χ1) is 54.1. The number of carbonyl (C=O) groups is 2. The molecule has 0 bridgehead atoms. The lowest BCUT2D eigenvalue weighted by Crippen LogP contribution is -2.28. The normalized spacial score (nSPS) is 17.9. The van der Waals surface area contributed by atoms with E-state index in [-0.39, 0.29) is 40.0 Å². The molecule has 0 fully saturated rings. The molecule has 3 N–H and O–H groups in total. The Hall–Kier alpha value is -10.4. The van der Waals surface area contributed by atoms with Crippen molar-refractivity contribution in [2.75, 3.05) is 43.0 Å². The molecule has 0 amide bonds. The minimum Gasteiger partial charge on any atom is -0.481 e. The van der Waals surface area contributed by atoms with Gasteiger partial charge in [0.1, 0.15) is 19.6 Å². The van der Waals surface area contributed by atoms with Crippen molar-refractivity contribution in [2.24, 2.45) is 4.99 Å². The molecule has 6 aromatic carbocycles. The Morgan fingerprint density at radius 2 is 1.04 bits per heavy atom. The topological polar surface area (TPSA) is 155 Å². The second kappa shape index (κ2) is 42.1. The van der Waals surface area contributed by atoms with E-state index in [1.807, 2.05) is 91.2 Å². The van der Waals surface area contributed by atoms with Gasteiger partial charge >= 0.3 is 5.97 Å². The van der Waals surface area contributed by atoms with Gasteiger partial charge in [0.05, 0.1) is 33.4 Å². The Kier molecular flexibility index (Phi) is 32.9. The van der Waals surface area contributed by atoms with Crippen molar-refractivity contribution in [3.63, 3.8) is 0 Å². The third-order valence-corrected chi connectivity index (χ3v) is 23.1. The lowest BCUT2D eigenvalue weighted by Gasteiger charge is -2.27. The second-order valence-electron chi connectivity index (χ2n) is 31.8. The number of aryl methyl sites for hydroxylation is 3. The molecule has 0 spiro atoms. The predicted molar refractivity (Wildman–Crippen MR) is 479 cm³/mol. The summed E-state index contributed by atoms with van der Waals surface area (Å²) in [7, 11) is -4.36. The van der Waals surface area contributed by atoms with Gasteiger partial charge in [0, 0.05) is 122 Å². The first kappa shape index (κ1) is 89.2. The first-order valence-corrected chi connectivity index (χ1v) is 41.5. The van der Waals surface area contributed by atoms with E-state index in [9.17, 15) is 22.6 Å². The molecule has 2 aliphatic carbocycles. The van der Waals surface area contributed by atoms with Crippen molar-refractivity contribution in [1.29, 1.82) is 0 Å². The number of benzene rings is 6. The lowest BCUT2D eigenvalue weighted by atomic mass is 9.81. The molecular formula is C99H120ClN6O7S+3. The monoisotopic (exact) mass is 1570 g/mol. The molecule has 114 heavy (non-hydrogen) atoms. The van der Waals surface area contributed by atoms with Crippen LogP contribution in [0.2, 0.25) is 0 Å². The van der Waals surface area contributed by atoms with Crippen molar-refractivity contribution in [1.82, 2.24) is 0 Å². The van der Waals surface area contributed by atoms with E-state index < -0.39 is 21.5 Å². The van der Waals surface area contributed by atoms with Crippen LogP contribution in [0.4, 0.5) is 34.1 Å². The van der Waals surface area contributed by atoms with Gasteiger partial charge in [0.2, 0.25) is 17.1 Å². The van der Waals surface area contributed by atoms with E-state index in [4.69, 9.17) is 9.84 Å². The molecule has 598 valence electrons. The maximum absolute atomic E-state index is 12.0. The SMILES string of the molecule is C(/C=C/Nc1ccccc1)=Nc1ccccc1.CC1=[N+](CCCC2=C/C=C\C=C/C=C2)c2ccc(C)cc2C1(C)C.CC1=[N+](CCCCCOC=O)c2ccc(C)cc2C1(C)C.Cc1ccc2c(c1)C(C)(C)C(=CC=CC=CC1=[N+](CCCCCC(=O)O)c3ccc(S(=O)(=O)O)cc3C1(C)C)N2CCCC1=C/C=C\C=C/C=C1.Cl.